The van der Waals surface area contributed by atoms with Crippen LogP contribution in [-0.2, 0) is 30.2 Å². The Bertz CT molecular complexity index is 2490. The van der Waals surface area contributed by atoms with Crippen molar-refractivity contribution in [1.29, 1.82) is 0 Å². The molecule has 1 unspecified atom stereocenters. The van der Waals surface area contributed by atoms with Crippen LogP contribution in [0.25, 0.3) is 38.3 Å². The van der Waals surface area contributed by atoms with Gasteiger partial charge in [-0.3, -0.25) is 4.57 Å². The van der Waals surface area contributed by atoms with Crippen LogP contribution >= 0.6 is 7.82 Å². The zero-order valence-electron chi connectivity index (χ0n) is 36.2. The maximum Gasteiger partial charge on any atom is 0.317 e. The predicted molar refractivity (Wildman–Crippen MR) is 247 cm³/mol. The standard InChI is InChI=1S/C13H17N.C12H17N2O4P.C12H16N2O.C11H13N/c1-14(2)10-9-12-8-7-11-5-3-4-6-13(11)12;1-14(2)7-6-9-8-13-10-4-3-5-11(12(9)10)18-19(15,16)17;1-14(2)7-6-9-8-13-10-4-3-5-11(15)12(9)10;1-2-5-9-8-12-11-7-4-3-6-10(9)11/h3-6,8H,7,9-10H2,1-2H3;3-5,8,13H,6-7H2,1-2H3,(H2,15,16,17);3-5,8,13,15H,6-7H2,1-2H3;3-4,6-8,12H,2,5H2,1H3/p-1. The molecule has 1 aliphatic carbocycles. The summed E-state index contributed by atoms with van der Waals surface area (Å²) in [7, 11) is 7.48. The van der Waals surface area contributed by atoms with E-state index in [1.807, 2.05) is 49.6 Å². The number of hydrogen-bond acceptors (Lipinski definition) is 7. The molecule has 60 heavy (non-hydrogen) atoms. The quantitative estimate of drug-likeness (QED) is 0.0725. The van der Waals surface area contributed by atoms with E-state index in [-0.39, 0.29) is 5.75 Å². The second-order valence-electron chi connectivity index (χ2n) is 15.9. The van der Waals surface area contributed by atoms with Crippen molar-refractivity contribution in [3.63, 3.8) is 0 Å². The first-order chi connectivity index (χ1) is 28.7. The molecule has 0 saturated carbocycles. The van der Waals surface area contributed by atoms with Gasteiger partial charge in [0.2, 0.25) is 0 Å². The number of nitrogens with zero attached hydrogens (tertiary/aromatic N) is 3. The molecule has 5 N–H and O–H groups in total. The highest BCUT2D eigenvalue weighted by Crippen LogP contribution is 2.39. The molecule has 11 nitrogen and oxygen atoms in total. The lowest BCUT2D eigenvalue weighted by Gasteiger charge is -2.18. The Morgan fingerprint density at radius 1 is 0.650 bits per heavy atom. The molecule has 7 aromatic rings. The van der Waals surface area contributed by atoms with Crippen molar-refractivity contribution >= 4 is 46.1 Å². The summed E-state index contributed by atoms with van der Waals surface area (Å²) in [5.41, 5.74) is 11.1. The van der Waals surface area contributed by atoms with Gasteiger partial charge in [0.25, 0.3) is 0 Å². The van der Waals surface area contributed by atoms with Gasteiger partial charge in [-0.2, -0.15) is 0 Å². The number of benzene rings is 4. The van der Waals surface area contributed by atoms with E-state index < -0.39 is 7.82 Å². The van der Waals surface area contributed by atoms with Gasteiger partial charge in [0, 0.05) is 70.9 Å². The van der Waals surface area contributed by atoms with Crippen LogP contribution in [-0.4, -0.2) is 102 Å². The molecular weight excluding hydrogens is 772 g/mol. The highest BCUT2D eigenvalue weighted by Gasteiger charge is 2.14. The summed E-state index contributed by atoms with van der Waals surface area (Å²) in [6.45, 7) is 5.17. The molecule has 0 amide bonds. The van der Waals surface area contributed by atoms with Crippen molar-refractivity contribution < 1.29 is 24.0 Å². The lowest BCUT2D eigenvalue weighted by molar-refractivity contribution is -0.211. The molecule has 12 heteroatoms. The summed E-state index contributed by atoms with van der Waals surface area (Å²) in [6.07, 6.45) is 14.7. The van der Waals surface area contributed by atoms with Crippen molar-refractivity contribution in [1.82, 2.24) is 29.7 Å². The van der Waals surface area contributed by atoms with Crippen LogP contribution in [0.15, 0.2) is 110 Å². The van der Waals surface area contributed by atoms with Crippen LogP contribution in [0.4, 0.5) is 0 Å². The first-order valence-electron chi connectivity index (χ1n) is 20.6. The van der Waals surface area contributed by atoms with E-state index >= 15 is 0 Å². The third-order valence-corrected chi connectivity index (χ3v) is 10.8. The molecule has 0 radical (unpaired) electrons. The minimum absolute atomic E-state index is 0.147. The predicted octanol–water partition coefficient (Wildman–Crippen LogP) is 8.79. The summed E-state index contributed by atoms with van der Waals surface area (Å²) in [4.78, 5) is 35.6. The molecule has 3 aromatic heterocycles. The Morgan fingerprint density at radius 3 is 1.83 bits per heavy atom. The van der Waals surface area contributed by atoms with Crippen molar-refractivity contribution in [3.8, 4) is 11.5 Å². The number of aromatic nitrogens is 3. The van der Waals surface area contributed by atoms with Gasteiger partial charge in [0.1, 0.15) is 11.5 Å². The maximum atomic E-state index is 10.9. The number of phosphoric acid groups is 1. The number of phenols is 1. The van der Waals surface area contributed by atoms with Crippen LogP contribution in [0.1, 0.15) is 47.6 Å². The molecule has 4 aromatic carbocycles. The minimum Gasteiger partial charge on any atom is -0.746 e. The third-order valence-electron chi connectivity index (χ3n) is 10.3. The first-order valence-corrected chi connectivity index (χ1v) is 22.1. The van der Waals surface area contributed by atoms with Gasteiger partial charge in [0.15, 0.2) is 0 Å². The number of nitrogens with one attached hydrogen (secondary N) is 3. The largest absolute Gasteiger partial charge is 0.746 e. The lowest BCUT2D eigenvalue weighted by Crippen LogP contribution is -2.15. The Balaban J connectivity index is 0.000000154. The van der Waals surface area contributed by atoms with E-state index in [2.05, 4.69) is 125 Å². The number of para-hydroxylation sites is 1. The number of phosphoric ester groups is 1. The molecule has 0 aliphatic heterocycles. The number of H-pyrrole nitrogens is 3. The van der Waals surface area contributed by atoms with Gasteiger partial charge in [-0.05, 0) is 138 Å². The number of allylic oxidation sites excluding steroid dienone is 1. The molecule has 0 fully saturated rings. The molecule has 0 spiro atoms. The van der Waals surface area contributed by atoms with Crippen LogP contribution in [0.3, 0.4) is 0 Å². The monoisotopic (exact) mass is 833 g/mol. The van der Waals surface area contributed by atoms with Gasteiger partial charge in [0.05, 0.1) is 0 Å². The number of aryl methyl sites for hydroxylation is 1. The maximum absolute atomic E-state index is 10.9. The Morgan fingerprint density at radius 2 is 1.18 bits per heavy atom. The summed E-state index contributed by atoms with van der Waals surface area (Å²) < 4.78 is 15.5. The lowest BCUT2D eigenvalue weighted by atomic mass is 10.0. The van der Waals surface area contributed by atoms with Crippen LogP contribution in [0.5, 0.6) is 11.5 Å². The smallest absolute Gasteiger partial charge is 0.317 e. The number of rotatable bonds is 13. The molecule has 0 bridgehead atoms. The molecule has 8 rings (SSSR count). The molecular formula is C48H62N6O5P-. The van der Waals surface area contributed by atoms with E-state index in [1.165, 1.54) is 64.1 Å². The summed E-state index contributed by atoms with van der Waals surface area (Å²) in [5, 5.41) is 12.8. The van der Waals surface area contributed by atoms with Crippen molar-refractivity contribution in [2.45, 2.75) is 45.4 Å². The zero-order valence-corrected chi connectivity index (χ0v) is 37.1. The summed E-state index contributed by atoms with van der Waals surface area (Å²) in [6, 6.07) is 27.8. The average Bonchev–Trinajstić information content (AvgIpc) is 4.02. The number of hydrogen-bond donors (Lipinski definition) is 5. The van der Waals surface area contributed by atoms with E-state index in [0.29, 0.717) is 11.1 Å². The van der Waals surface area contributed by atoms with Crippen LogP contribution in [0.2, 0.25) is 0 Å². The van der Waals surface area contributed by atoms with Crippen LogP contribution < -0.4 is 9.42 Å². The highest BCUT2D eigenvalue weighted by atomic mass is 31.2. The minimum atomic E-state index is -4.80. The van der Waals surface area contributed by atoms with Gasteiger partial charge < -0.3 is 49.1 Å². The third kappa shape index (κ3) is 13.2. The fourth-order valence-electron chi connectivity index (χ4n) is 7.28. The Labute approximate surface area is 354 Å². The van der Waals surface area contributed by atoms with Gasteiger partial charge in [-0.15, -0.1) is 0 Å². The molecule has 320 valence electrons. The molecule has 0 saturated heterocycles. The second-order valence-corrected chi connectivity index (χ2v) is 17.0. The topological polar surface area (TPSA) is 147 Å². The Hall–Kier alpha value is -5.13. The van der Waals surface area contributed by atoms with E-state index in [0.717, 1.165) is 60.9 Å². The van der Waals surface area contributed by atoms with E-state index in [1.54, 1.807) is 12.1 Å². The average molecular weight is 834 g/mol. The van der Waals surface area contributed by atoms with Gasteiger partial charge in [-0.1, -0.05) is 74.0 Å². The Kier molecular flexibility index (Phi) is 16.8. The van der Waals surface area contributed by atoms with Gasteiger partial charge in [-0.25, -0.2) is 0 Å². The molecule has 1 aliphatic rings. The number of likely N-dealkylation sites (N-methyl/N-ethyl adjacent to an activating group) is 2. The zero-order chi connectivity index (χ0) is 43.2. The number of aromatic hydroxyl groups is 1. The van der Waals surface area contributed by atoms with Gasteiger partial charge >= 0.3 is 7.82 Å². The van der Waals surface area contributed by atoms with Crippen LogP contribution in [0, 0.1) is 0 Å². The SMILES string of the molecule is CCCc1c[nH]c2ccccc12.CN(C)CCC1=CCc2ccccc21.CN(C)CCc1c[nH]c2cccc(O)c12.CN(C)CCc1c[nH]c2cccc(OP(=O)([O-])O)c12. The van der Waals surface area contributed by atoms with Crippen molar-refractivity contribution in [2.24, 2.45) is 0 Å². The fourth-order valence-corrected chi connectivity index (χ4v) is 7.68. The molecule has 1 atom stereocenters. The molecule has 3 heterocycles. The fraction of sp³-hybridized carbons (Fsp3) is 0.333. The van der Waals surface area contributed by atoms with Crippen molar-refractivity contribution in [2.75, 3.05) is 61.9 Å². The normalized spacial score (nSPS) is 13.0. The van der Waals surface area contributed by atoms with E-state index in [9.17, 15) is 14.6 Å². The number of phenolic OH excluding ortho intramolecular Hbond substituents is 1. The number of fused-ring (bicyclic) bond motifs is 4. The number of aromatic amines is 3. The summed E-state index contributed by atoms with van der Waals surface area (Å²) >= 11 is 0. The van der Waals surface area contributed by atoms with Crippen molar-refractivity contribution in [3.05, 3.63) is 137 Å². The summed E-state index contributed by atoms with van der Waals surface area (Å²) in [5.74, 6) is 0.510. The first kappa shape index (κ1) is 45.9. The van der Waals surface area contributed by atoms with E-state index in [4.69, 9.17) is 4.89 Å². The highest BCUT2D eigenvalue weighted by molar-refractivity contribution is 7.45. The second kappa shape index (κ2) is 21.9.